The molecule has 0 saturated carbocycles. The van der Waals surface area contributed by atoms with E-state index >= 15 is 0 Å². The maximum absolute atomic E-state index is 5.48. The largest absolute Gasteiger partial charge is 0.497 e. The summed E-state index contributed by atoms with van der Waals surface area (Å²) in [4.78, 5) is 3.25. The quantitative estimate of drug-likeness (QED) is 0.676. The Kier molecular flexibility index (Phi) is 3.40. The molecule has 1 heterocycles. The Morgan fingerprint density at radius 2 is 2.05 bits per heavy atom. The molecule has 3 aromatic rings. The fourth-order valence-electron chi connectivity index (χ4n) is 2.35. The van der Waals surface area contributed by atoms with Gasteiger partial charge in [-0.25, -0.2) is 0 Å². The van der Waals surface area contributed by atoms with Crippen LogP contribution in [0.15, 0.2) is 40.9 Å². The lowest BCUT2D eigenvalue weighted by Crippen LogP contribution is -1.97. The van der Waals surface area contributed by atoms with Crippen LogP contribution in [0.3, 0.4) is 0 Å². The summed E-state index contributed by atoms with van der Waals surface area (Å²) in [5.41, 5.74) is 4.26. The van der Waals surface area contributed by atoms with E-state index in [0.717, 1.165) is 26.9 Å². The molecule has 0 fully saturated rings. The standard InChI is InChI=1S/C15H13BrN2OS/c1-9-4-3-5-12-14(9)18(15(20)17-12)13-8-10(19-2)6-7-11(13)16/h3-8H,1-2H3,(H,17,20). The van der Waals surface area contributed by atoms with E-state index < -0.39 is 0 Å². The third-order valence-corrected chi connectivity index (χ3v) is 4.26. The van der Waals surface area contributed by atoms with Gasteiger partial charge in [-0.15, -0.1) is 0 Å². The molecule has 0 aliphatic carbocycles. The van der Waals surface area contributed by atoms with Crippen LogP contribution in [0.1, 0.15) is 5.56 Å². The van der Waals surface area contributed by atoms with Crippen LogP contribution >= 0.6 is 28.1 Å². The van der Waals surface area contributed by atoms with Gasteiger partial charge in [-0.05, 0) is 58.8 Å². The van der Waals surface area contributed by atoms with Crippen molar-refractivity contribution in [3.8, 4) is 11.4 Å². The number of rotatable bonds is 2. The lowest BCUT2D eigenvalue weighted by molar-refractivity contribution is 0.414. The van der Waals surface area contributed by atoms with E-state index in [2.05, 4.69) is 33.9 Å². The first-order chi connectivity index (χ1) is 9.61. The highest BCUT2D eigenvalue weighted by Crippen LogP contribution is 2.30. The molecule has 3 nitrogen and oxygen atoms in total. The third-order valence-electron chi connectivity index (χ3n) is 3.30. The lowest BCUT2D eigenvalue weighted by atomic mass is 10.2. The molecule has 20 heavy (non-hydrogen) atoms. The molecule has 0 atom stereocenters. The highest BCUT2D eigenvalue weighted by Gasteiger charge is 2.12. The SMILES string of the molecule is COc1ccc(Br)c(-n2c(=S)[nH]c3cccc(C)c32)c1. The second-order valence-electron chi connectivity index (χ2n) is 4.55. The Hall–Kier alpha value is -1.59. The first-order valence-electron chi connectivity index (χ1n) is 6.16. The topological polar surface area (TPSA) is 29.9 Å². The summed E-state index contributed by atoms with van der Waals surface area (Å²) >= 11 is 9.07. The Bertz CT molecular complexity index is 851. The minimum atomic E-state index is 0.670. The van der Waals surface area contributed by atoms with Crippen molar-refractivity contribution >= 4 is 39.2 Å². The number of H-pyrrole nitrogens is 1. The zero-order chi connectivity index (χ0) is 14.3. The fraction of sp³-hybridized carbons (Fsp3) is 0.133. The summed E-state index contributed by atoms with van der Waals surface area (Å²) in [7, 11) is 1.66. The van der Waals surface area contributed by atoms with E-state index in [1.807, 2.05) is 34.9 Å². The highest BCUT2D eigenvalue weighted by molar-refractivity contribution is 9.10. The number of imidazole rings is 1. The van der Waals surface area contributed by atoms with Crippen LogP contribution in [-0.2, 0) is 0 Å². The minimum absolute atomic E-state index is 0.670. The number of ether oxygens (including phenoxy) is 1. The van der Waals surface area contributed by atoms with Gasteiger partial charge in [0.05, 0.1) is 23.8 Å². The Morgan fingerprint density at radius 1 is 1.25 bits per heavy atom. The van der Waals surface area contributed by atoms with E-state index in [0.29, 0.717) is 4.77 Å². The van der Waals surface area contributed by atoms with Crippen molar-refractivity contribution in [2.45, 2.75) is 6.92 Å². The number of nitrogens with one attached hydrogen (secondary N) is 1. The maximum atomic E-state index is 5.48. The van der Waals surface area contributed by atoms with Crippen molar-refractivity contribution in [1.82, 2.24) is 9.55 Å². The second kappa shape index (κ2) is 5.07. The number of aryl methyl sites for hydroxylation is 1. The molecule has 0 unspecified atom stereocenters. The number of nitrogens with zero attached hydrogens (tertiary/aromatic N) is 1. The number of halogens is 1. The van der Waals surface area contributed by atoms with Crippen LogP contribution < -0.4 is 4.74 Å². The monoisotopic (exact) mass is 348 g/mol. The predicted molar refractivity (Wildman–Crippen MR) is 87.4 cm³/mol. The van der Waals surface area contributed by atoms with Gasteiger partial charge in [0.1, 0.15) is 5.75 Å². The Balaban J connectivity index is 2.40. The van der Waals surface area contributed by atoms with E-state index in [-0.39, 0.29) is 0 Å². The Labute approximate surface area is 130 Å². The summed E-state index contributed by atoms with van der Waals surface area (Å²) in [5.74, 6) is 0.799. The molecule has 1 aromatic heterocycles. The molecule has 5 heteroatoms. The van der Waals surface area contributed by atoms with Crippen LogP contribution in [0, 0.1) is 11.7 Å². The number of aromatic amines is 1. The molecule has 0 saturated heterocycles. The number of methoxy groups -OCH3 is 1. The first kappa shape index (κ1) is 13.4. The van der Waals surface area contributed by atoms with Gasteiger partial charge in [0.25, 0.3) is 0 Å². The molecule has 0 aliphatic heterocycles. The first-order valence-corrected chi connectivity index (χ1v) is 7.36. The van der Waals surface area contributed by atoms with Gasteiger partial charge in [-0.3, -0.25) is 4.57 Å². The number of hydrogen-bond donors (Lipinski definition) is 1. The zero-order valence-electron chi connectivity index (χ0n) is 11.1. The molecule has 3 rings (SSSR count). The van der Waals surface area contributed by atoms with E-state index in [4.69, 9.17) is 17.0 Å². The van der Waals surface area contributed by atoms with Crippen molar-refractivity contribution in [3.63, 3.8) is 0 Å². The van der Waals surface area contributed by atoms with E-state index in [1.165, 1.54) is 5.56 Å². The van der Waals surface area contributed by atoms with Gasteiger partial charge in [0.15, 0.2) is 4.77 Å². The van der Waals surface area contributed by atoms with Crippen molar-refractivity contribution in [2.75, 3.05) is 7.11 Å². The molecular formula is C15H13BrN2OS. The van der Waals surface area contributed by atoms with Crippen LogP contribution in [0.4, 0.5) is 0 Å². The molecule has 0 aliphatic rings. The van der Waals surface area contributed by atoms with Gasteiger partial charge < -0.3 is 9.72 Å². The van der Waals surface area contributed by atoms with Crippen molar-refractivity contribution < 1.29 is 4.74 Å². The zero-order valence-corrected chi connectivity index (χ0v) is 13.5. The Morgan fingerprint density at radius 3 is 2.80 bits per heavy atom. The lowest BCUT2D eigenvalue weighted by Gasteiger charge is -2.10. The second-order valence-corrected chi connectivity index (χ2v) is 5.80. The molecule has 1 N–H and O–H groups in total. The molecule has 0 bridgehead atoms. The normalized spacial score (nSPS) is 10.9. The summed E-state index contributed by atoms with van der Waals surface area (Å²) < 4.78 is 8.99. The molecule has 0 spiro atoms. The molecular weight excluding hydrogens is 336 g/mol. The van der Waals surface area contributed by atoms with Crippen LogP contribution in [-0.4, -0.2) is 16.7 Å². The predicted octanol–water partition coefficient (Wildman–Crippen LogP) is 4.77. The number of fused-ring (bicyclic) bond motifs is 1. The molecule has 0 radical (unpaired) electrons. The van der Waals surface area contributed by atoms with Gasteiger partial charge in [0.2, 0.25) is 0 Å². The third kappa shape index (κ3) is 2.07. The van der Waals surface area contributed by atoms with Crippen molar-refractivity contribution in [2.24, 2.45) is 0 Å². The fourth-order valence-corrected chi connectivity index (χ4v) is 3.07. The highest BCUT2D eigenvalue weighted by atomic mass is 79.9. The number of hydrogen-bond acceptors (Lipinski definition) is 2. The van der Waals surface area contributed by atoms with Crippen molar-refractivity contribution in [1.29, 1.82) is 0 Å². The minimum Gasteiger partial charge on any atom is -0.497 e. The number of aromatic nitrogens is 2. The smallest absolute Gasteiger partial charge is 0.182 e. The maximum Gasteiger partial charge on any atom is 0.182 e. The molecule has 0 amide bonds. The molecule has 2 aromatic carbocycles. The van der Waals surface area contributed by atoms with E-state index in [9.17, 15) is 0 Å². The summed E-state index contributed by atoms with van der Waals surface area (Å²) in [6.45, 7) is 2.08. The van der Waals surface area contributed by atoms with Crippen LogP contribution in [0.5, 0.6) is 5.75 Å². The van der Waals surface area contributed by atoms with Crippen LogP contribution in [0.2, 0.25) is 0 Å². The molecule has 102 valence electrons. The van der Waals surface area contributed by atoms with Crippen LogP contribution in [0.25, 0.3) is 16.7 Å². The number of benzene rings is 2. The summed E-state index contributed by atoms with van der Waals surface area (Å²) in [6, 6.07) is 12.0. The van der Waals surface area contributed by atoms with Crippen molar-refractivity contribution in [3.05, 3.63) is 51.2 Å². The number of para-hydroxylation sites is 1. The van der Waals surface area contributed by atoms with Gasteiger partial charge in [-0.2, -0.15) is 0 Å². The van der Waals surface area contributed by atoms with Gasteiger partial charge in [0, 0.05) is 10.5 Å². The average molecular weight is 349 g/mol. The van der Waals surface area contributed by atoms with Gasteiger partial charge in [-0.1, -0.05) is 12.1 Å². The average Bonchev–Trinajstić information content (AvgIpc) is 2.77. The summed E-state index contributed by atoms with van der Waals surface area (Å²) in [6.07, 6.45) is 0. The van der Waals surface area contributed by atoms with Gasteiger partial charge >= 0.3 is 0 Å². The summed E-state index contributed by atoms with van der Waals surface area (Å²) in [5, 5.41) is 0. The van der Waals surface area contributed by atoms with E-state index in [1.54, 1.807) is 7.11 Å².